The second-order valence-corrected chi connectivity index (χ2v) is 5.74. The minimum Gasteiger partial charge on any atom is -0.459 e. The first-order valence-electron chi connectivity index (χ1n) is 7.91. The van der Waals surface area contributed by atoms with Crippen LogP contribution in [0.3, 0.4) is 0 Å². The Morgan fingerprint density at radius 3 is 2.65 bits per heavy atom. The summed E-state index contributed by atoms with van der Waals surface area (Å²) in [5.41, 5.74) is -0.873. The van der Waals surface area contributed by atoms with Crippen molar-refractivity contribution in [3.05, 3.63) is 69.0 Å². The minimum absolute atomic E-state index is 0.219. The lowest BCUT2D eigenvalue weighted by atomic mass is 10.1. The number of nitrogens with zero attached hydrogens (tertiary/aromatic N) is 1. The van der Waals surface area contributed by atoms with Gasteiger partial charge in [0, 0.05) is 19.4 Å². The van der Waals surface area contributed by atoms with Crippen LogP contribution in [0, 0.1) is 0 Å². The molecule has 2 unspecified atom stereocenters. The number of methoxy groups -OCH3 is 1. The lowest BCUT2D eigenvalue weighted by Gasteiger charge is -2.19. The molecular formula is C17H18N2O7. The van der Waals surface area contributed by atoms with Crippen LogP contribution in [0.1, 0.15) is 16.6 Å². The molecule has 9 nitrogen and oxygen atoms in total. The van der Waals surface area contributed by atoms with Crippen molar-refractivity contribution >= 4 is 5.97 Å². The molecule has 1 aromatic heterocycles. The van der Waals surface area contributed by atoms with Crippen molar-refractivity contribution in [2.24, 2.45) is 0 Å². The number of aliphatic hydroxyl groups is 1. The van der Waals surface area contributed by atoms with Crippen LogP contribution >= 0.6 is 0 Å². The van der Waals surface area contributed by atoms with Gasteiger partial charge in [-0.05, 0) is 12.1 Å². The Kier molecular flexibility index (Phi) is 5.31. The van der Waals surface area contributed by atoms with Crippen LogP contribution in [0.2, 0.25) is 0 Å². The molecule has 0 amide bonds. The van der Waals surface area contributed by atoms with Gasteiger partial charge in [-0.15, -0.1) is 0 Å². The predicted octanol–water partition coefficient (Wildman–Crippen LogP) is -0.333. The van der Waals surface area contributed by atoms with Gasteiger partial charge in [0.05, 0.1) is 5.56 Å². The Hall–Kier alpha value is -2.75. The third-order valence-corrected chi connectivity index (χ3v) is 4.10. The fraction of sp³-hybridized carbons (Fsp3) is 0.353. The molecule has 4 atom stereocenters. The molecule has 0 radical (unpaired) electrons. The van der Waals surface area contributed by atoms with Crippen LogP contribution < -0.4 is 11.2 Å². The fourth-order valence-electron chi connectivity index (χ4n) is 2.78. The molecule has 2 N–H and O–H groups in total. The van der Waals surface area contributed by atoms with E-state index in [1.54, 1.807) is 30.3 Å². The van der Waals surface area contributed by atoms with Gasteiger partial charge in [0.15, 0.2) is 6.23 Å². The molecule has 0 spiro atoms. The SMILES string of the molecule is COC1C(O)[C@H](COC(=O)c2ccccc2)O[C@@H]1n1ccc(=O)[nH]c1=O. The van der Waals surface area contributed by atoms with Gasteiger partial charge in [-0.2, -0.15) is 0 Å². The third kappa shape index (κ3) is 3.59. The standard InChI is InChI=1S/C17H18N2O7/c1-24-14-13(21)11(9-25-16(22)10-5-3-2-4-6-10)26-15(14)19-8-7-12(20)18-17(19)23/h2-8,11,13-15,21H,9H2,1H3,(H,18,20,23)/t11-,13?,14?,15-/m0/s1. The van der Waals surface area contributed by atoms with Crippen molar-refractivity contribution in [2.75, 3.05) is 13.7 Å². The quantitative estimate of drug-likeness (QED) is 0.699. The zero-order valence-corrected chi connectivity index (χ0v) is 13.9. The summed E-state index contributed by atoms with van der Waals surface area (Å²) in [6.07, 6.45) is -2.62. The summed E-state index contributed by atoms with van der Waals surface area (Å²) in [5, 5.41) is 10.4. The molecular weight excluding hydrogens is 344 g/mol. The van der Waals surface area contributed by atoms with E-state index in [9.17, 15) is 19.5 Å². The Morgan fingerprint density at radius 1 is 1.27 bits per heavy atom. The summed E-state index contributed by atoms with van der Waals surface area (Å²) >= 11 is 0. The molecule has 2 aromatic rings. The van der Waals surface area contributed by atoms with E-state index in [1.165, 1.54) is 13.3 Å². The number of hydrogen-bond donors (Lipinski definition) is 2. The average molecular weight is 362 g/mol. The molecule has 3 rings (SSSR count). The number of carbonyl (C=O) groups excluding carboxylic acids is 1. The van der Waals surface area contributed by atoms with Crippen molar-refractivity contribution in [3.8, 4) is 0 Å². The molecule has 0 aliphatic carbocycles. The molecule has 1 fully saturated rings. The third-order valence-electron chi connectivity index (χ3n) is 4.10. The van der Waals surface area contributed by atoms with Gasteiger partial charge in [-0.1, -0.05) is 18.2 Å². The number of ether oxygens (including phenoxy) is 3. The van der Waals surface area contributed by atoms with Crippen LogP contribution in [0.25, 0.3) is 0 Å². The highest BCUT2D eigenvalue weighted by Gasteiger charge is 2.46. The largest absolute Gasteiger partial charge is 0.459 e. The first-order valence-corrected chi connectivity index (χ1v) is 7.91. The number of aromatic nitrogens is 2. The molecule has 1 aliphatic rings. The van der Waals surface area contributed by atoms with Crippen LogP contribution in [0.5, 0.6) is 0 Å². The molecule has 9 heteroatoms. The fourth-order valence-corrected chi connectivity index (χ4v) is 2.78. The Morgan fingerprint density at radius 2 is 2.00 bits per heavy atom. The maximum absolute atomic E-state index is 12.0. The smallest absolute Gasteiger partial charge is 0.338 e. The summed E-state index contributed by atoms with van der Waals surface area (Å²) in [6, 6.07) is 9.56. The molecule has 1 aliphatic heterocycles. The monoisotopic (exact) mass is 362 g/mol. The topological polar surface area (TPSA) is 120 Å². The number of aliphatic hydroxyl groups excluding tert-OH is 1. The zero-order valence-electron chi connectivity index (χ0n) is 13.9. The van der Waals surface area contributed by atoms with E-state index in [0.717, 1.165) is 10.6 Å². The number of H-pyrrole nitrogens is 1. The van der Waals surface area contributed by atoms with Gasteiger partial charge in [0.2, 0.25) is 0 Å². The summed E-state index contributed by atoms with van der Waals surface area (Å²) in [6.45, 7) is -0.219. The molecule has 0 saturated carbocycles. The number of carbonyl (C=O) groups is 1. The van der Waals surface area contributed by atoms with Crippen LogP contribution in [-0.4, -0.2) is 52.7 Å². The first-order chi connectivity index (χ1) is 12.5. The van der Waals surface area contributed by atoms with Gasteiger partial charge in [0.25, 0.3) is 5.56 Å². The zero-order chi connectivity index (χ0) is 18.7. The van der Waals surface area contributed by atoms with Crippen molar-refractivity contribution in [1.29, 1.82) is 0 Å². The van der Waals surface area contributed by atoms with Crippen LogP contribution in [-0.2, 0) is 14.2 Å². The molecule has 1 aromatic carbocycles. The van der Waals surface area contributed by atoms with Crippen LogP contribution in [0.4, 0.5) is 0 Å². The number of nitrogens with one attached hydrogen (secondary N) is 1. The van der Waals surface area contributed by atoms with E-state index in [2.05, 4.69) is 4.98 Å². The highest BCUT2D eigenvalue weighted by molar-refractivity contribution is 5.89. The van der Waals surface area contributed by atoms with E-state index in [0.29, 0.717) is 5.56 Å². The first kappa shape index (κ1) is 18.1. The Labute approximate surface area is 147 Å². The van der Waals surface area contributed by atoms with E-state index in [4.69, 9.17) is 14.2 Å². The molecule has 0 bridgehead atoms. The van der Waals surface area contributed by atoms with Gasteiger partial charge < -0.3 is 19.3 Å². The van der Waals surface area contributed by atoms with Crippen molar-refractivity contribution < 1.29 is 24.1 Å². The summed E-state index contributed by atoms with van der Waals surface area (Å²) in [5.74, 6) is -0.556. The Bertz CT molecular complexity index is 876. The molecule has 26 heavy (non-hydrogen) atoms. The maximum atomic E-state index is 12.0. The second-order valence-electron chi connectivity index (χ2n) is 5.74. The predicted molar refractivity (Wildman–Crippen MR) is 88.8 cm³/mol. The highest BCUT2D eigenvalue weighted by Crippen LogP contribution is 2.30. The van der Waals surface area contributed by atoms with Crippen LogP contribution in [0.15, 0.2) is 52.2 Å². The number of benzene rings is 1. The summed E-state index contributed by atoms with van der Waals surface area (Å²) in [7, 11) is 1.36. The van der Waals surface area contributed by atoms with E-state index >= 15 is 0 Å². The maximum Gasteiger partial charge on any atom is 0.338 e. The highest BCUT2D eigenvalue weighted by atomic mass is 16.6. The number of hydrogen-bond acceptors (Lipinski definition) is 7. The number of rotatable bonds is 5. The normalized spacial score (nSPS) is 25.2. The molecule has 2 heterocycles. The van der Waals surface area contributed by atoms with E-state index < -0.39 is 41.8 Å². The lowest BCUT2D eigenvalue weighted by molar-refractivity contribution is -0.0656. The summed E-state index contributed by atoms with van der Waals surface area (Å²) < 4.78 is 17.2. The van der Waals surface area contributed by atoms with Gasteiger partial charge >= 0.3 is 11.7 Å². The number of esters is 1. The van der Waals surface area contributed by atoms with Crippen molar-refractivity contribution in [2.45, 2.75) is 24.5 Å². The summed E-state index contributed by atoms with van der Waals surface area (Å²) in [4.78, 5) is 37.3. The van der Waals surface area contributed by atoms with E-state index in [1.807, 2.05) is 0 Å². The molecule has 1 saturated heterocycles. The average Bonchev–Trinajstić information content (AvgIpc) is 2.96. The number of aromatic amines is 1. The van der Waals surface area contributed by atoms with Gasteiger partial charge in [0.1, 0.15) is 24.9 Å². The molecule has 138 valence electrons. The van der Waals surface area contributed by atoms with E-state index in [-0.39, 0.29) is 6.61 Å². The Balaban J connectivity index is 1.72. The van der Waals surface area contributed by atoms with Crippen molar-refractivity contribution in [3.63, 3.8) is 0 Å². The van der Waals surface area contributed by atoms with Gasteiger partial charge in [-0.3, -0.25) is 14.3 Å². The second kappa shape index (κ2) is 7.65. The minimum atomic E-state index is -1.13. The van der Waals surface area contributed by atoms with Gasteiger partial charge in [-0.25, -0.2) is 9.59 Å². The lowest BCUT2D eigenvalue weighted by Crippen LogP contribution is -2.38. The van der Waals surface area contributed by atoms with Crippen molar-refractivity contribution in [1.82, 2.24) is 9.55 Å².